The summed E-state index contributed by atoms with van der Waals surface area (Å²) >= 11 is 7.28. The molecule has 1 aromatic heterocycles. The minimum Gasteiger partial charge on any atom is -0.258 e. The molecule has 0 bridgehead atoms. The first kappa shape index (κ1) is 23.4. The van der Waals surface area contributed by atoms with Gasteiger partial charge in [0, 0.05) is 27.6 Å². The molecule has 3 aromatic carbocycles. The number of hydrogen-bond acceptors (Lipinski definition) is 5. The van der Waals surface area contributed by atoms with Crippen molar-refractivity contribution >= 4 is 40.5 Å². The molecule has 0 N–H and O–H groups in total. The SMILES string of the molecule is O=[N+]([O-])c1ccccc1N=c1scc(-c2cccc(C(F)(F)F)c2)n1/N=C\c1ccccc1Cl. The summed E-state index contributed by atoms with van der Waals surface area (Å²) in [6.07, 6.45) is -3.07. The van der Waals surface area contributed by atoms with Crippen LogP contribution in [-0.2, 0) is 6.18 Å². The maximum absolute atomic E-state index is 13.3. The lowest BCUT2D eigenvalue weighted by Gasteiger charge is -2.09. The van der Waals surface area contributed by atoms with E-state index in [1.54, 1.807) is 35.7 Å². The fourth-order valence-corrected chi connectivity index (χ4v) is 4.09. The normalized spacial score (nSPS) is 12.4. The van der Waals surface area contributed by atoms with E-state index in [2.05, 4.69) is 10.1 Å². The van der Waals surface area contributed by atoms with Gasteiger partial charge in [-0.25, -0.2) is 9.67 Å². The number of nitro groups is 1. The minimum absolute atomic E-state index is 0.0895. The van der Waals surface area contributed by atoms with Gasteiger partial charge in [0.15, 0.2) is 0 Å². The van der Waals surface area contributed by atoms with Gasteiger partial charge in [0.1, 0.15) is 5.69 Å². The molecule has 0 aliphatic carbocycles. The van der Waals surface area contributed by atoms with E-state index in [0.717, 1.165) is 23.5 Å². The summed E-state index contributed by atoms with van der Waals surface area (Å²) in [5, 5.41) is 17.8. The number of benzene rings is 3. The summed E-state index contributed by atoms with van der Waals surface area (Å²) in [5.74, 6) is 0. The fraction of sp³-hybridized carbons (Fsp3) is 0.0435. The third-order valence-electron chi connectivity index (χ3n) is 4.68. The Morgan fingerprint density at radius 3 is 2.50 bits per heavy atom. The molecule has 0 amide bonds. The average molecular weight is 503 g/mol. The molecule has 1 heterocycles. The van der Waals surface area contributed by atoms with Gasteiger partial charge in [0.05, 0.1) is 22.4 Å². The number of hydrogen-bond donors (Lipinski definition) is 0. The van der Waals surface area contributed by atoms with Crippen molar-refractivity contribution in [2.45, 2.75) is 6.18 Å². The highest BCUT2D eigenvalue weighted by Crippen LogP contribution is 2.32. The van der Waals surface area contributed by atoms with Gasteiger partial charge in [0.2, 0.25) is 4.80 Å². The van der Waals surface area contributed by atoms with E-state index < -0.39 is 16.7 Å². The van der Waals surface area contributed by atoms with Crippen molar-refractivity contribution < 1.29 is 18.1 Å². The lowest BCUT2D eigenvalue weighted by Crippen LogP contribution is -2.12. The van der Waals surface area contributed by atoms with Crippen molar-refractivity contribution in [1.29, 1.82) is 0 Å². The number of rotatable bonds is 5. The first-order chi connectivity index (χ1) is 16.2. The van der Waals surface area contributed by atoms with Crippen LogP contribution in [0.3, 0.4) is 0 Å². The van der Waals surface area contributed by atoms with Gasteiger partial charge in [-0.05, 0) is 24.3 Å². The molecule has 0 atom stereocenters. The maximum Gasteiger partial charge on any atom is 0.416 e. The average Bonchev–Trinajstić information content (AvgIpc) is 3.20. The van der Waals surface area contributed by atoms with Crippen LogP contribution >= 0.6 is 22.9 Å². The topological polar surface area (TPSA) is 72.8 Å². The van der Waals surface area contributed by atoms with E-state index in [1.807, 2.05) is 0 Å². The number of halogens is 4. The molecule has 0 radical (unpaired) electrons. The Morgan fingerprint density at radius 2 is 1.76 bits per heavy atom. The molecule has 0 saturated carbocycles. The van der Waals surface area contributed by atoms with E-state index in [1.165, 1.54) is 41.2 Å². The summed E-state index contributed by atoms with van der Waals surface area (Å²) < 4.78 is 41.2. The van der Waals surface area contributed by atoms with Gasteiger partial charge in [0.25, 0.3) is 5.69 Å². The Balaban J connectivity index is 1.92. The third kappa shape index (κ3) is 5.08. The van der Waals surface area contributed by atoms with Gasteiger partial charge in [-0.15, -0.1) is 11.3 Å². The molecular weight excluding hydrogens is 489 g/mol. The molecule has 0 fully saturated rings. The number of nitro benzene ring substituents is 1. The number of thiazole rings is 1. The summed E-state index contributed by atoms with van der Waals surface area (Å²) in [7, 11) is 0. The van der Waals surface area contributed by atoms with Crippen LogP contribution in [0.25, 0.3) is 11.3 Å². The Kier molecular flexibility index (Phi) is 6.62. The number of aromatic nitrogens is 1. The monoisotopic (exact) mass is 502 g/mol. The molecule has 6 nitrogen and oxygen atoms in total. The minimum atomic E-state index is -4.52. The predicted molar refractivity (Wildman–Crippen MR) is 126 cm³/mol. The molecule has 11 heteroatoms. The molecule has 0 aliphatic heterocycles. The smallest absolute Gasteiger partial charge is 0.258 e. The largest absolute Gasteiger partial charge is 0.416 e. The summed E-state index contributed by atoms with van der Waals surface area (Å²) in [4.78, 5) is 15.4. The number of nitrogens with zero attached hydrogens (tertiary/aromatic N) is 4. The first-order valence-electron chi connectivity index (χ1n) is 9.69. The van der Waals surface area contributed by atoms with E-state index in [4.69, 9.17) is 11.6 Å². The second-order valence-electron chi connectivity index (χ2n) is 6.92. The van der Waals surface area contributed by atoms with Gasteiger partial charge >= 0.3 is 6.18 Å². The van der Waals surface area contributed by atoms with Crippen LogP contribution in [-0.4, -0.2) is 15.8 Å². The molecule has 4 aromatic rings. The molecule has 4 rings (SSSR count). The van der Waals surface area contributed by atoms with Crippen LogP contribution in [0.4, 0.5) is 24.5 Å². The Morgan fingerprint density at radius 1 is 1.03 bits per heavy atom. The molecular formula is C23H14ClF3N4O2S. The van der Waals surface area contributed by atoms with Crippen molar-refractivity contribution in [1.82, 2.24) is 4.68 Å². The quantitative estimate of drug-likeness (QED) is 0.169. The Hall–Kier alpha value is -3.76. The molecule has 0 saturated heterocycles. The van der Waals surface area contributed by atoms with Crippen LogP contribution in [0.15, 0.2) is 88.3 Å². The first-order valence-corrected chi connectivity index (χ1v) is 10.9. The van der Waals surface area contributed by atoms with Crippen molar-refractivity contribution in [3.63, 3.8) is 0 Å². The standard InChI is InChI=1S/C23H14ClF3N4O2S/c24-18-9-2-1-6-16(18)13-28-30-21(15-7-5-8-17(12-15)23(25,26)27)14-34-22(30)29-19-10-3-4-11-20(19)31(32)33/h1-14H/b28-13-,29-22?. The highest BCUT2D eigenvalue weighted by Gasteiger charge is 2.30. The number of para-hydroxylation sites is 2. The van der Waals surface area contributed by atoms with Gasteiger partial charge in [-0.2, -0.15) is 18.3 Å². The second kappa shape index (κ2) is 9.62. The van der Waals surface area contributed by atoms with E-state index >= 15 is 0 Å². The molecule has 0 aliphatic rings. The van der Waals surface area contributed by atoms with Crippen LogP contribution in [0.1, 0.15) is 11.1 Å². The highest BCUT2D eigenvalue weighted by atomic mass is 35.5. The summed E-state index contributed by atoms with van der Waals surface area (Å²) in [5.41, 5.74) is 0.234. The molecule has 0 spiro atoms. The van der Waals surface area contributed by atoms with Crippen LogP contribution in [0.5, 0.6) is 0 Å². The lowest BCUT2D eigenvalue weighted by atomic mass is 10.1. The zero-order valence-electron chi connectivity index (χ0n) is 17.1. The molecule has 172 valence electrons. The van der Waals surface area contributed by atoms with Crippen molar-refractivity contribution in [3.05, 3.63) is 109 Å². The van der Waals surface area contributed by atoms with Gasteiger partial charge in [-0.1, -0.05) is 54.1 Å². The fourth-order valence-electron chi connectivity index (χ4n) is 3.06. The molecule has 0 unspecified atom stereocenters. The van der Waals surface area contributed by atoms with E-state index in [0.29, 0.717) is 16.3 Å². The predicted octanol–water partition coefficient (Wildman–Crippen LogP) is 6.91. The van der Waals surface area contributed by atoms with Crippen LogP contribution in [0.2, 0.25) is 5.02 Å². The lowest BCUT2D eigenvalue weighted by molar-refractivity contribution is -0.384. The van der Waals surface area contributed by atoms with E-state index in [-0.39, 0.29) is 21.7 Å². The van der Waals surface area contributed by atoms with Crippen molar-refractivity contribution in [3.8, 4) is 11.3 Å². The number of alkyl halides is 3. The third-order valence-corrected chi connectivity index (χ3v) is 5.84. The van der Waals surface area contributed by atoms with Crippen molar-refractivity contribution in [2.24, 2.45) is 10.1 Å². The zero-order valence-corrected chi connectivity index (χ0v) is 18.7. The van der Waals surface area contributed by atoms with Gasteiger partial charge in [-0.3, -0.25) is 10.1 Å². The zero-order chi connectivity index (χ0) is 24.3. The summed E-state index contributed by atoms with van der Waals surface area (Å²) in [6, 6.07) is 17.6. The Labute approximate surface area is 200 Å². The van der Waals surface area contributed by atoms with Crippen molar-refractivity contribution in [2.75, 3.05) is 0 Å². The van der Waals surface area contributed by atoms with Gasteiger partial charge < -0.3 is 0 Å². The van der Waals surface area contributed by atoms with Crippen LogP contribution in [0, 0.1) is 10.1 Å². The second-order valence-corrected chi connectivity index (χ2v) is 8.16. The maximum atomic E-state index is 13.3. The Bertz CT molecular complexity index is 1460. The highest BCUT2D eigenvalue weighted by molar-refractivity contribution is 7.07. The molecule has 34 heavy (non-hydrogen) atoms. The van der Waals surface area contributed by atoms with E-state index in [9.17, 15) is 23.3 Å². The summed E-state index contributed by atoms with van der Waals surface area (Å²) in [6.45, 7) is 0. The van der Waals surface area contributed by atoms with Crippen LogP contribution < -0.4 is 4.80 Å².